The van der Waals surface area contributed by atoms with Gasteiger partial charge in [0.1, 0.15) is 0 Å². The van der Waals surface area contributed by atoms with E-state index in [9.17, 15) is 4.79 Å². The number of halogens is 1. The van der Waals surface area contributed by atoms with E-state index in [1.807, 2.05) is 41.6 Å². The van der Waals surface area contributed by atoms with Gasteiger partial charge in [-0.25, -0.2) is 0 Å². The van der Waals surface area contributed by atoms with Crippen molar-refractivity contribution >= 4 is 56.6 Å². The summed E-state index contributed by atoms with van der Waals surface area (Å²) in [6, 6.07) is 23.2. The van der Waals surface area contributed by atoms with Crippen LogP contribution in [0.25, 0.3) is 21.8 Å². The molecule has 1 amide bonds. The van der Waals surface area contributed by atoms with E-state index in [0.717, 1.165) is 32.9 Å². The van der Waals surface area contributed by atoms with Gasteiger partial charge in [-0.3, -0.25) is 10.1 Å². The Bertz CT molecular complexity index is 1400. The Morgan fingerprint density at radius 2 is 1.42 bits per heavy atom. The summed E-state index contributed by atoms with van der Waals surface area (Å²) in [5.41, 5.74) is 4.83. The average Bonchev–Trinajstić information content (AvgIpc) is 3.49. The van der Waals surface area contributed by atoms with Gasteiger partial charge in [0.05, 0.1) is 0 Å². The van der Waals surface area contributed by atoms with Crippen LogP contribution in [0, 0.1) is 0 Å². The lowest BCUT2D eigenvalue weighted by molar-refractivity contribution is 0.0972. The summed E-state index contributed by atoms with van der Waals surface area (Å²) in [7, 11) is 0. The average molecular weight is 473 g/mol. The van der Waals surface area contributed by atoms with Gasteiger partial charge in [-0.05, 0) is 65.8 Å². The molecule has 7 heteroatoms. The molecule has 0 radical (unpaired) electrons. The molecule has 5 nitrogen and oxygen atoms in total. The highest BCUT2D eigenvalue weighted by atomic mass is 35.5. The molecular formula is C26H21ClN4OS. The summed E-state index contributed by atoms with van der Waals surface area (Å²) in [5, 5.41) is 6.02. The van der Waals surface area contributed by atoms with Crippen LogP contribution in [0.3, 0.4) is 0 Å². The predicted molar refractivity (Wildman–Crippen MR) is 137 cm³/mol. The van der Waals surface area contributed by atoms with Crippen molar-refractivity contribution in [2.45, 2.75) is 13.1 Å². The zero-order valence-electron chi connectivity index (χ0n) is 17.6. The molecule has 5 rings (SSSR count). The number of thiocarbonyl (C=S) groups is 1. The van der Waals surface area contributed by atoms with Crippen molar-refractivity contribution in [1.82, 2.24) is 20.2 Å². The fourth-order valence-electron chi connectivity index (χ4n) is 4.07. The van der Waals surface area contributed by atoms with Crippen LogP contribution in [0.1, 0.15) is 21.5 Å². The standard InChI is InChI=1S/C26H21ClN4OS/c27-20-7-1-4-17(14-20)25(32)30-26(33)31(15-18-5-2-8-23-21(18)10-12-28-23)16-19-6-3-9-24-22(19)11-13-29-24/h1-14,28-29H,15-16H2,(H,30,32,33). The van der Waals surface area contributed by atoms with Crippen LogP contribution < -0.4 is 5.32 Å². The second kappa shape index (κ2) is 9.10. The van der Waals surface area contributed by atoms with Gasteiger partial charge in [-0.15, -0.1) is 0 Å². The smallest absolute Gasteiger partial charge is 0.257 e. The maximum atomic E-state index is 12.9. The van der Waals surface area contributed by atoms with Gasteiger partial charge < -0.3 is 14.9 Å². The summed E-state index contributed by atoms with van der Waals surface area (Å²) in [5.74, 6) is -0.285. The van der Waals surface area contributed by atoms with Gasteiger partial charge in [-0.1, -0.05) is 41.9 Å². The van der Waals surface area contributed by atoms with Gasteiger partial charge >= 0.3 is 0 Å². The summed E-state index contributed by atoms with van der Waals surface area (Å²) in [4.78, 5) is 21.4. The van der Waals surface area contributed by atoms with E-state index in [1.54, 1.807) is 24.3 Å². The van der Waals surface area contributed by atoms with Crippen LogP contribution in [-0.4, -0.2) is 25.9 Å². The molecule has 33 heavy (non-hydrogen) atoms. The summed E-state index contributed by atoms with van der Waals surface area (Å²) in [6.07, 6.45) is 3.86. The molecule has 0 aliphatic carbocycles. The zero-order valence-corrected chi connectivity index (χ0v) is 19.2. The van der Waals surface area contributed by atoms with Crippen molar-refractivity contribution in [1.29, 1.82) is 0 Å². The third kappa shape index (κ3) is 4.49. The fourth-order valence-corrected chi connectivity index (χ4v) is 4.48. The van der Waals surface area contributed by atoms with Crippen LogP contribution in [0.5, 0.6) is 0 Å². The Kier molecular flexibility index (Phi) is 5.86. The molecule has 5 aromatic rings. The van der Waals surface area contributed by atoms with Gasteiger partial charge in [0.15, 0.2) is 5.11 Å². The monoisotopic (exact) mass is 472 g/mol. The molecule has 0 aliphatic heterocycles. The first-order valence-corrected chi connectivity index (χ1v) is 11.3. The number of fused-ring (bicyclic) bond motifs is 2. The van der Waals surface area contributed by atoms with E-state index in [1.165, 1.54) is 0 Å². The minimum Gasteiger partial charge on any atom is -0.361 e. The topological polar surface area (TPSA) is 63.9 Å². The number of aromatic amines is 2. The number of H-pyrrole nitrogens is 2. The highest BCUT2D eigenvalue weighted by Crippen LogP contribution is 2.23. The van der Waals surface area contributed by atoms with Crippen molar-refractivity contribution in [3.05, 3.63) is 107 Å². The lowest BCUT2D eigenvalue weighted by Gasteiger charge is -2.26. The van der Waals surface area contributed by atoms with Crippen LogP contribution in [0.2, 0.25) is 5.02 Å². The number of hydrogen-bond donors (Lipinski definition) is 3. The normalized spacial score (nSPS) is 11.1. The molecule has 0 unspecified atom stereocenters. The number of benzene rings is 3. The van der Waals surface area contributed by atoms with E-state index in [0.29, 0.717) is 28.8 Å². The SMILES string of the molecule is O=C(NC(=S)N(Cc1cccc2[nH]ccc12)Cc1cccc2[nH]ccc12)c1cccc(Cl)c1. The highest BCUT2D eigenvalue weighted by molar-refractivity contribution is 7.80. The molecule has 3 N–H and O–H groups in total. The number of carbonyl (C=O) groups excluding carboxylic acids is 1. The van der Waals surface area contributed by atoms with Crippen molar-refractivity contribution in [3.63, 3.8) is 0 Å². The molecular weight excluding hydrogens is 452 g/mol. The maximum absolute atomic E-state index is 12.9. The first kappa shape index (κ1) is 21.2. The van der Waals surface area contributed by atoms with Gasteiger partial charge in [0.25, 0.3) is 5.91 Å². The molecule has 0 bridgehead atoms. The third-order valence-corrected chi connectivity index (χ3v) is 6.28. The summed E-state index contributed by atoms with van der Waals surface area (Å²) in [6.45, 7) is 1.09. The van der Waals surface area contributed by atoms with Crippen molar-refractivity contribution in [2.24, 2.45) is 0 Å². The molecule has 3 aromatic carbocycles. The molecule has 0 aliphatic rings. The number of aromatic nitrogens is 2. The number of nitrogens with one attached hydrogen (secondary N) is 3. The Morgan fingerprint density at radius 3 is 2.00 bits per heavy atom. The fraction of sp³-hybridized carbons (Fsp3) is 0.0769. The first-order valence-electron chi connectivity index (χ1n) is 10.5. The molecule has 2 heterocycles. The largest absolute Gasteiger partial charge is 0.361 e. The van der Waals surface area contributed by atoms with Crippen LogP contribution in [0.15, 0.2) is 85.2 Å². The van der Waals surface area contributed by atoms with Gasteiger partial charge in [0, 0.05) is 57.9 Å². The van der Waals surface area contributed by atoms with E-state index < -0.39 is 0 Å². The van der Waals surface area contributed by atoms with Gasteiger partial charge in [-0.2, -0.15) is 0 Å². The van der Waals surface area contributed by atoms with Crippen LogP contribution in [0.4, 0.5) is 0 Å². The number of carbonyl (C=O) groups is 1. The van der Waals surface area contributed by atoms with E-state index >= 15 is 0 Å². The quantitative estimate of drug-likeness (QED) is 0.274. The maximum Gasteiger partial charge on any atom is 0.257 e. The predicted octanol–water partition coefficient (Wildman–Crippen LogP) is 6.02. The second-order valence-electron chi connectivity index (χ2n) is 7.84. The molecule has 0 saturated carbocycles. The molecule has 0 spiro atoms. The minimum absolute atomic E-state index is 0.285. The Labute approximate surface area is 201 Å². The minimum atomic E-state index is -0.285. The number of hydrogen-bond acceptors (Lipinski definition) is 2. The zero-order chi connectivity index (χ0) is 22.8. The van der Waals surface area contributed by atoms with Crippen molar-refractivity contribution in [3.8, 4) is 0 Å². The lowest BCUT2D eigenvalue weighted by Crippen LogP contribution is -2.42. The molecule has 0 saturated heterocycles. The van der Waals surface area contributed by atoms with Crippen LogP contribution in [-0.2, 0) is 13.1 Å². The Morgan fingerprint density at radius 1 is 0.848 bits per heavy atom. The number of amides is 1. The van der Waals surface area contributed by atoms with Crippen LogP contribution >= 0.6 is 23.8 Å². The van der Waals surface area contributed by atoms with E-state index in [2.05, 4.69) is 39.6 Å². The van der Waals surface area contributed by atoms with Crippen molar-refractivity contribution in [2.75, 3.05) is 0 Å². The first-order chi connectivity index (χ1) is 16.1. The molecule has 0 fully saturated rings. The molecule has 2 aromatic heterocycles. The second-order valence-corrected chi connectivity index (χ2v) is 8.66. The van der Waals surface area contributed by atoms with E-state index in [4.69, 9.17) is 23.8 Å². The number of rotatable bonds is 5. The summed E-state index contributed by atoms with van der Waals surface area (Å²) >= 11 is 11.8. The van der Waals surface area contributed by atoms with E-state index in [-0.39, 0.29) is 5.91 Å². The lowest BCUT2D eigenvalue weighted by atomic mass is 10.1. The highest BCUT2D eigenvalue weighted by Gasteiger charge is 2.18. The summed E-state index contributed by atoms with van der Waals surface area (Å²) < 4.78 is 0. The van der Waals surface area contributed by atoms with Crippen molar-refractivity contribution < 1.29 is 4.79 Å². The molecule has 0 atom stereocenters. The molecule has 164 valence electrons. The number of nitrogens with zero attached hydrogens (tertiary/aromatic N) is 1. The van der Waals surface area contributed by atoms with Gasteiger partial charge in [0.2, 0.25) is 0 Å². The Hall–Kier alpha value is -3.61. The third-order valence-electron chi connectivity index (χ3n) is 5.69. The Balaban J connectivity index is 1.46.